The molecule has 0 heterocycles. The summed E-state index contributed by atoms with van der Waals surface area (Å²) in [6.07, 6.45) is 15.6. The van der Waals surface area contributed by atoms with Gasteiger partial charge < -0.3 is 0 Å². The molecule has 0 aromatic rings. The van der Waals surface area contributed by atoms with Gasteiger partial charge in [0.25, 0.3) is 0 Å². The fraction of sp³-hybridized carbons (Fsp3) is 0.636. The monoisotopic (exact) mass is 276 g/mol. The quantitative estimate of drug-likeness (QED) is 0.409. The summed E-state index contributed by atoms with van der Waals surface area (Å²) in [5.74, 6) is 0. The molecule has 0 aliphatic heterocycles. The van der Waals surface area contributed by atoms with Gasteiger partial charge in [0, 0.05) is 3.42 Å². The fourth-order valence-corrected chi connectivity index (χ4v) is 2.34. The van der Waals surface area contributed by atoms with Crippen LogP contribution < -0.4 is 0 Å². The van der Waals surface area contributed by atoms with Crippen LogP contribution in [0.2, 0.25) is 0 Å². The molecule has 0 saturated carbocycles. The van der Waals surface area contributed by atoms with E-state index in [0.29, 0.717) is 3.42 Å². The third-order valence-corrected chi connectivity index (χ3v) is 3.63. The zero-order valence-electron chi connectivity index (χ0n) is 7.72. The molecule has 68 valence electrons. The summed E-state index contributed by atoms with van der Waals surface area (Å²) in [7, 11) is 0. The van der Waals surface area contributed by atoms with Crippen molar-refractivity contribution in [2.45, 2.75) is 42.4 Å². The van der Waals surface area contributed by atoms with E-state index in [9.17, 15) is 0 Å². The Morgan fingerprint density at radius 3 is 2.75 bits per heavy atom. The SMILES string of the molecule is CCCCCC1(I)C=CC=CC1. The van der Waals surface area contributed by atoms with Gasteiger partial charge in [-0.25, -0.2) is 0 Å². The number of allylic oxidation sites excluding steroid dienone is 4. The molecule has 0 nitrogen and oxygen atoms in total. The molecular weight excluding hydrogens is 259 g/mol. The minimum Gasteiger partial charge on any atom is -0.0829 e. The Hall–Kier alpha value is 0.210. The van der Waals surface area contributed by atoms with Gasteiger partial charge in [0.05, 0.1) is 0 Å². The van der Waals surface area contributed by atoms with Crippen LogP contribution in [0.5, 0.6) is 0 Å². The van der Waals surface area contributed by atoms with Gasteiger partial charge in [-0.2, -0.15) is 0 Å². The maximum Gasteiger partial charge on any atom is 0.0438 e. The molecule has 1 aliphatic rings. The van der Waals surface area contributed by atoms with Gasteiger partial charge >= 0.3 is 0 Å². The first-order chi connectivity index (χ1) is 5.77. The van der Waals surface area contributed by atoms with Crippen LogP contribution in [-0.4, -0.2) is 3.42 Å². The van der Waals surface area contributed by atoms with E-state index in [0.717, 1.165) is 0 Å². The summed E-state index contributed by atoms with van der Waals surface area (Å²) >= 11 is 2.59. The molecular formula is C11H17I. The standard InChI is InChI=1S/C11H17I/c1-2-3-5-8-11(12)9-6-4-7-10-11/h4,6-7,9H,2-3,5,8,10H2,1H3. The molecule has 0 bridgehead atoms. The van der Waals surface area contributed by atoms with E-state index >= 15 is 0 Å². The molecule has 0 N–H and O–H groups in total. The molecule has 1 unspecified atom stereocenters. The minimum atomic E-state index is 0.432. The van der Waals surface area contributed by atoms with Crippen molar-refractivity contribution in [3.8, 4) is 0 Å². The van der Waals surface area contributed by atoms with Crippen LogP contribution in [0.15, 0.2) is 24.3 Å². The number of unbranched alkanes of at least 4 members (excludes halogenated alkanes) is 2. The van der Waals surface area contributed by atoms with Crippen LogP contribution in [0.25, 0.3) is 0 Å². The number of rotatable bonds is 4. The Kier molecular flexibility index (Phi) is 4.33. The average Bonchev–Trinajstić information content (AvgIpc) is 2.06. The summed E-state index contributed by atoms with van der Waals surface area (Å²) in [5.41, 5.74) is 0. The molecule has 0 amide bonds. The topological polar surface area (TPSA) is 0 Å². The highest BCUT2D eigenvalue weighted by molar-refractivity contribution is 14.1. The predicted molar refractivity (Wildman–Crippen MR) is 63.8 cm³/mol. The maximum absolute atomic E-state index is 2.59. The van der Waals surface area contributed by atoms with Gasteiger partial charge in [0.15, 0.2) is 0 Å². The third-order valence-electron chi connectivity index (χ3n) is 2.30. The molecule has 0 spiro atoms. The van der Waals surface area contributed by atoms with Crippen molar-refractivity contribution < 1.29 is 0 Å². The predicted octanol–water partition coefficient (Wildman–Crippen LogP) is 4.26. The van der Waals surface area contributed by atoms with Gasteiger partial charge in [-0.3, -0.25) is 0 Å². The normalized spacial score (nSPS) is 27.8. The molecule has 12 heavy (non-hydrogen) atoms. The second-order valence-electron chi connectivity index (χ2n) is 3.48. The summed E-state index contributed by atoms with van der Waals surface area (Å²) in [5, 5.41) is 0. The van der Waals surface area contributed by atoms with Crippen LogP contribution in [0.4, 0.5) is 0 Å². The molecule has 1 rings (SSSR count). The first kappa shape index (κ1) is 10.3. The Morgan fingerprint density at radius 2 is 2.17 bits per heavy atom. The largest absolute Gasteiger partial charge is 0.0829 e. The van der Waals surface area contributed by atoms with E-state index in [4.69, 9.17) is 0 Å². The number of hydrogen-bond acceptors (Lipinski definition) is 0. The lowest BCUT2D eigenvalue weighted by Gasteiger charge is -2.24. The van der Waals surface area contributed by atoms with Gasteiger partial charge in [0.2, 0.25) is 0 Å². The summed E-state index contributed by atoms with van der Waals surface area (Å²) in [6.45, 7) is 2.26. The maximum atomic E-state index is 2.59. The highest BCUT2D eigenvalue weighted by Gasteiger charge is 2.21. The first-order valence-corrected chi connectivity index (χ1v) is 5.88. The zero-order valence-corrected chi connectivity index (χ0v) is 9.88. The van der Waals surface area contributed by atoms with Crippen LogP contribution in [0, 0.1) is 0 Å². The third kappa shape index (κ3) is 3.30. The molecule has 1 aliphatic carbocycles. The van der Waals surface area contributed by atoms with E-state index in [1.807, 2.05) is 0 Å². The molecule has 1 heteroatoms. The molecule has 0 radical (unpaired) electrons. The fourth-order valence-electron chi connectivity index (χ4n) is 1.49. The molecule has 0 saturated heterocycles. The lowest BCUT2D eigenvalue weighted by Crippen LogP contribution is -2.17. The molecule has 0 aromatic carbocycles. The number of halogens is 1. The second-order valence-corrected chi connectivity index (χ2v) is 5.63. The van der Waals surface area contributed by atoms with Crippen molar-refractivity contribution >= 4 is 22.6 Å². The van der Waals surface area contributed by atoms with Crippen molar-refractivity contribution in [3.63, 3.8) is 0 Å². The van der Waals surface area contributed by atoms with Crippen LogP contribution in [0.3, 0.4) is 0 Å². The van der Waals surface area contributed by atoms with Gasteiger partial charge in [0.1, 0.15) is 0 Å². The van der Waals surface area contributed by atoms with Crippen molar-refractivity contribution in [2.24, 2.45) is 0 Å². The average molecular weight is 276 g/mol. The summed E-state index contributed by atoms with van der Waals surface area (Å²) in [4.78, 5) is 0. The highest BCUT2D eigenvalue weighted by Crippen LogP contribution is 2.33. The van der Waals surface area contributed by atoms with Crippen molar-refractivity contribution in [3.05, 3.63) is 24.3 Å². The van der Waals surface area contributed by atoms with Gasteiger partial charge in [-0.1, -0.05) is 73.1 Å². The van der Waals surface area contributed by atoms with Crippen LogP contribution in [0.1, 0.15) is 39.0 Å². The lowest BCUT2D eigenvalue weighted by molar-refractivity contribution is 0.596. The van der Waals surface area contributed by atoms with E-state index in [1.165, 1.54) is 32.1 Å². The van der Waals surface area contributed by atoms with Gasteiger partial charge in [-0.05, 0) is 12.8 Å². The van der Waals surface area contributed by atoms with Crippen molar-refractivity contribution in [2.75, 3.05) is 0 Å². The van der Waals surface area contributed by atoms with Crippen LogP contribution in [-0.2, 0) is 0 Å². The number of hydrogen-bond donors (Lipinski definition) is 0. The molecule has 0 aromatic heterocycles. The summed E-state index contributed by atoms with van der Waals surface area (Å²) in [6, 6.07) is 0. The molecule has 1 atom stereocenters. The van der Waals surface area contributed by atoms with E-state index in [1.54, 1.807) is 0 Å². The second kappa shape index (κ2) is 5.05. The van der Waals surface area contributed by atoms with E-state index < -0.39 is 0 Å². The van der Waals surface area contributed by atoms with E-state index in [-0.39, 0.29) is 0 Å². The number of alkyl halides is 1. The van der Waals surface area contributed by atoms with Crippen molar-refractivity contribution in [1.29, 1.82) is 0 Å². The van der Waals surface area contributed by atoms with Crippen LogP contribution >= 0.6 is 22.6 Å². The smallest absolute Gasteiger partial charge is 0.0438 e. The minimum absolute atomic E-state index is 0.432. The Labute approximate surface area is 89.3 Å². The Balaban J connectivity index is 2.29. The van der Waals surface area contributed by atoms with Gasteiger partial charge in [-0.15, -0.1) is 0 Å². The Morgan fingerprint density at radius 1 is 1.33 bits per heavy atom. The van der Waals surface area contributed by atoms with Crippen molar-refractivity contribution in [1.82, 2.24) is 0 Å². The lowest BCUT2D eigenvalue weighted by atomic mass is 9.94. The van der Waals surface area contributed by atoms with E-state index in [2.05, 4.69) is 53.8 Å². The Bertz CT molecular complexity index is 181. The molecule has 0 fully saturated rings. The zero-order chi connectivity index (χ0) is 8.86. The first-order valence-electron chi connectivity index (χ1n) is 4.80. The summed E-state index contributed by atoms with van der Waals surface area (Å²) < 4.78 is 0.432. The highest BCUT2D eigenvalue weighted by atomic mass is 127.